The molecule has 0 aliphatic heterocycles. The number of nitrogens with one attached hydrogen (secondary N) is 1. The monoisotopic (exact) mass is 291 g/mol. The summed E-state index contributed by atoms with van der Waals surface area (Å²) >= 11 is 0. The zero-order chi connectivity index (χ0) is 15.4. The number of rotatable bonds is 5. The zero-order valence-electron chi connectivity index (χ0n) is 13.0. The third kappa shape index (κ3) is 3.22. The predicted octanol–water partition coefficient (Wildman–Crippen LogP) is 5.06. The third-order valence-corrected chi connectivity index (χ3v) is 4.04. The molecule has 2 nitrogen and oxygen atoms in total. The fraction of sp³-hybridized carbons (Fsp3) is 0.200. The maximum atomic E-state index is 5.18. The van der Waals surface area contributed by atoms with Gasteiger partial charge in [0.2, 0.25) is 0 Å². The van der Waals surface area contributed by atoms with E-state index in [4.69, 9.17) is 4.74 Å². The van der Waals surface area contributed by atoms with E-state index >= 15 is 0 Å². The fourth-order valence-electron chi connectivity index (χ4n) is 2.61. The lowest BCUT2D eigenvalue weighted by Gasteiger charge is -2.15. The van der Waals surface area contributed by atoms with Crippen molar-refractivity contribution in [3.05, 3.63) is 72.3 Å². The Morgan fingerprint density at radius 3 is 2.36 bits per heavy atom. The molecule has 1 N–H and O–H groups in total. The second-order valence-corrected chi connectivity index (χ2v) is 5.62. The number of benzene rings is 3. The van der Waals surface area contributed by atoms with Gasteiger partial charge in [0.15, 0.2) is 0 Å². The average Bonchev–Trinajstić information content (AvgIpc) is 2.59. The van der Waals surface area contributed by atoms with E-state index in [0.29, 0.717) is 5.92 Å². The van der Waals surface area contributed by atoms with E-state index in [2.05, 4.69) is 54.7 Å². The van der Waals surface area contributed by atoms with Crippen molar-refractivity contribution in [1.29, 1.82) is 0 Å². The van der Waals surface area contributed by atoms with Crippen LogP contribution in [0.4, 0.5) is 5.69 Å². The topological polar surface area (TPSA) is 21.3 Å². The minimum absolute atomic E-state index is 0.451. The van der Waals surface area contributed by atoms with Crippen LogP contribution in [0.2, 0.25) is 0 Å². The third-order valence-electron chi connectivity index (χ3n) is 4.04. The number of anilines is 1. The molecule has 3 aromatic carbocycles. The highest BCUT2D eigenvalue weighted by Gasteiger charge is 2.06. The summed E-state index contributed by atoms with van der Waals surface area (Å²) < 4.78 is 5.18. The van der Waals surface area contributed by atoms with Crippen molar-refractivity contribution in [2.24, 2.45) is 0 Å². The van der Waals surface area contributed by atoms with Gasteiger partial charge < -0.3 is 10.1 Å². The van der Waals surface area contributed by atoms with E-state index < -0.39 is 0 Å². The van der Waals surface area contributed by atoms with Crippen LogP contribution in [0.1, 0.15) is 18.4 Å². The molecule has 0 aliphatic carbocycles. The van der Waals surface area contributed by atoms with E-state index in [0.717, 1.165) is 18.0 Å². The van der Waals surface area contributed by atoms with Crippen LogP contribution < -0.4 is 10.1 Å². The predicted molar refractivity (Wildman–Crippen MR) is 93.8 cm³/mol. The maximum Gasteiger partial charge on any atom is 0.119 e. The summed E-state index contributed by atoms with van der Waals surface area (Å²) in [7, 11) is 1.68. The molecule has 0 unspecified atom stereocenters. The lowest BCUT2D eigenvalue weighted by Crippen LogP contribution is -2.09. The Labute approximate surface area is 131 Å². The number of methoxy groups -OCH3 is 1. The molecule has 0 aliphatic rings. The van der Waals surface area contributed by atoms with Gasteiger partial charge >= 0.3 is 0 Å². The van der Waals surface area contributed by atoms with Gasteiger partial charge in [-0.3, -0.25) is 0 Å². The van der Waals surface area contributed by atoms with Crippen molar-refractivity contribution in [3.63, 3.8) is 0 Å². The van der Waals surface area contributed by atoms with Crippen LogP contribution in [0.3, 0.4) is 0 Å². The summed E-state index contributed by atoms with van der Waals surface area (Å²) in [5, 5.41) is 6.08. The lowest BCUT2D eigenvalue weighted by molar-refractivity contribution is 0.415. The molecule has 0 fully saturated rings. The summed E-state index contributed by atoms with van der Waals surface area (Å²) in [6, 6.07) is 23.3. The van der Waals surface area contributed by atoms with Crippen LogP contribution in [0.15, 0.2) is 66.7 Å². The van der Waals surface area contributed by atoms with Crippen molar-refractivity contribution in [2.45, 2.75) is 12.8 Å². The Balaban J connectivity index is 1.68. The van der Waals surface area contributed by atoms with Crippen LogP contribution in [0, 0.1) is 0 Å². The Bertz CT molecular complexity index is 749. The molecule has 1 atom stereocenters. The van der Waals surface area contributed by atoms with Crippen LogP contribution in [-0.2, 0) is 0 Å². The highest BCUT2D eigenvalue weighted by Crippen LogP contribution is 2.22. The lowest BCUT2D eigenvalue weighted by atomic mass is 9.97. The summed E-state index contributed by atoms with van der Waals surface area (Å²) in [4.78, 5) is 0. The second-order valence-electron chi connectivity index (χ2n) is 5.62. The average molecular weight is 291 g/mol. The Hall–Kier alpha value is -2.48. The summed E-state index contributed by atoms with van der Waals surface area (Å²) in [5.74, 6) is 1.33. The van der Waals surface area contributed by atoms with Gasteiger partial charge in [-0.05, 0) is 46.5 Å². The van der Waals surface area contributed by atoms with Crippen LogP contribution in [0.25, 0.3) is 10.8 Å². The smallest absolute Gasteiger partial charge is 0.119 e. The number of hydrogen-bond donors (Lipinski definition) is 1. The standard InChI is InChI=1S/C20H21NO/c1-15(14-21-19-9-11-20(22-2)12-10-19)17-8-7-16-5-3-4-6-18(16)13-17/h3-13,15,21H,14H2,1-2H3/t15-/m0/s1. The number of fused-ring (bicyclic) bond motifs is 1. The molecule has 0 heterocycles. The van der Waals surface area contributed by atoms with Crippen molar-refractivity contribution in [1.82, 2.24) is 0 Å². The Morgan fingerprint density at radius 2 is 1.64 bits per heavy atom. The van der Waals surface area contributed by atoms with E-state index in [-0.39, 0.29) is 0 Å². The molecular weight excluding hydrogens is 270 g/mol. The molecule has 112 valence electrons. The summed E-state index contributed by atoms with van der Waals surface area (Å²) in [6.07, 6.45) is 0. The normalized spacial score (nSPS) is 12.1. The van der Waals surface area contributed by atoms with E-state index in [9.17, 15) is 0 Å². The second kappa shape index (κ2) is 6.52. The molecule has 0 spiro atoms. The summed E-state index contributed by atoms with van der Waals surface area (Å²) in [6.45, 7) is 3.16. The van der Waals surface area contributed by atoms with Gasteiger partial charge in [-0.2, -0.15) is 0 Å². The van der Waals surface area contributed by atoms with Crippen molar-refractivity contribution in [3.8, 4) is 5.75 Å². The quantitative estimate of drug-likeness (QED) is 0.709. The highest BCUT2D eigenvalue weighted by atomic mass is 16.5. The van der Waals surface area contributed by atoms with Crippen LogP contribution >= 0.6 is 0 Å². The first-order valence-electron chi connectivity index (χ1n) is 7.63. The largest absolute Gasteiger partial charge is 0.497 e. The molecule has 0 bridgehead atoms. The van der Waals surface area contributed by atoms with E-state index in [1.165, 1.54) is 16.3 Å². The van der Waals surface area contributed by atoms with Gasteiger partial charge in [-0.25, -0.2) is 0 Å². The highest BCUT2D eigenvalue weighted by molar-refractivity contribution is 5.83. The Kier molecular flexibility index (Phi) is 4.29. The zero-order valence-corrected chi connectivity index (χ0v) is 13.0. The molecule has 3 rings (SSSR count). The molecule has 0 radical (unpaired) electrons. The van der Waals surface area contributed by atoms with Crippen molar-refractivity contribution >= 4 is 16.5 Å². The van der Waals surface area contributed by atoms with Crippen LogP contribution in [-0.4, -0.2) is 13.7 Å². The van der Waals surface area contributed by atoms with Gasteiger partial charge in [-0.1, -0.05) is 49.4 Å². The molecule has 0 saturated carbocycles. The van der Waals surface area contributed by atoms with Gasteiger partial charge in [0, 0.05) is 12.2 Å². The molecule has 0 saturated heterocycles. The van der Waals surface area contributed by atoms with Gasteiger partial charge in [0.1, 0.15) is 5.75 Å². The fourth-order valence-corrected chi connectivity index (χ4v) is 2.61. The first-order chi connectivity index (χ1) is 10.8. The molecule has 3 aromatic rings. The number of hydrogen-bond acceptors (Lipinski definition) is 2. The minimum atomic E-state index is 0.451. The van der Waals surface area contributed by atoms with E-state index in [1.54, 1.807) is 7.11 Å². The SMILES string of the molecule is COc1ccc(NC[C@H](C)c2ccc3ccccc3c2)cc1. The maximum absolute atomic E-state index is 5.18. The van der Waals surface area contributed by atoms with Crippen molar-refractivity contribution < 1.29 is 4.74 Å². The van der Waals surface area contributed by atoms with E-state index in [1.807, 2.05) is 24.3 Å². The van der Waals surface area contributed by atoms with Crippen LogP contribution in [0.5, 0.6) is 5.75 Å². The first kappa shape index (κ1) is 14.5. The minimum Gasteiger partial charge on any atom is -0.497 e. The molecule has 0 aromatic heterocycles. The molecular formula is C20H21NO. The van der Waals surface area contributed by atoms with Gasteiger partial charge in [-0.15, -0.1) is 0 Å². The first-order valence-corrected chi connectivity index (χ1v) is 7.63. The Morgan fingerprint density at radius 1 is 0.909 bits per heavy atom. The molecule has 0 amide bonds. The number of ether oxygens (including phenoxy) is 1. The van der Waals surface area contributed by atoms with Gasteiger partial charge in [0.05, 0.1) is 7.11 Å². The molecule has 22 heavy (non-hydrogen) atoms. The van der Waals surface area contributed by atoms with Crippen molar-refractivity contribution in [2.75, 3.05) is 19.0 Å². The van der Waals surface area contributed by atoms with Gasteiger partial charge in [0.25, 0.3) is 0 Å². The molecule has 2 heteroatoms. The summed E-state index contributed by atoms with van der Waals surface area (Å²) in [5.41, 5.74) is 2.48.